The number of rotatable bonds is 5. The number of amides is 1. The van der Waals surface area contributed by atoms with E-state index in [0.717, 1.165) is 21.5 Å². The summed E-state index contributed by atoms with van der Waals surface area (Å²) in [5.41, 5.74) is 2.40. The number of para-hydroxylation sites is 1. The van der Waals surface area contributed by atoms with E-state index in [4.69, 9.17) is 0 Å². The average molecular weight is 399 g/mol. The van der Waals surface area contributed by atoms with Crippen molar-refractivity contribution in [3.8, 4) is 0 Å². The topological polar surface area (TPSA) is 91.8 Å². The minimum atomic E-state index is -0.108. The van der Waals surface area contributed by atoms with Crippen LogP contribution in [0.15, 0.2) is 59.2 Å². The fourth-order valence-corrected chi connectivity index (χ4v) is 2.47. The summed E-state index contributed by atoms with van der Waals surface area (Å²) in [4.78, 5) is 15.4. The van der Waals surface area contributed by atoms with E-state index >= 15 is 0 Å². The van der Waals surface area contributed by atoms with Crippen LogP contribution in [0, 0.1) is 0 Å². The molecule has 3 aromatic rings. The van der Waals surface area contributed by atoms with Crippen LogP contribution >= 0.6 is 15.9 Å². The van der Waals surface area contributed by atoms with Crippen molar-refractivity contribution in [2.75, 3.05) is 16.0 Å². The Morgan fingerprint density at radius 2 is 1.72 bits per heavy atom. The summed E-state index contributed by atoms with van der Waals surface area (Å²) in [5.74, 6) is 0.826. The van der Waals surface area contributed by atoms with Gasteiger partial charge in [0, 0.05) is 22.8 Å². The van der Waals surface area contributed by atoms with E-state index in [1.165, 1.54) is 13.1 Å². The van der Waals surface area contributed by atoms with Gasteiger partial charge < -0.3 is 16.0 Å². The fraction of sp³-hybridized carbons (Fsp3) is 0.0588. The van der Waals surface area contributed by atoms with Gasteiger partial charge in [0.05, 0.1) is 11.9 Å². The molecule has 0 saturated heterocycles. The molecule has 0 spiro atoms. The first-order chi connectivity index (χ1) is 12.1. The van der Waals surface area contributed by atoms with Gasteiger partial charge in [0.2, 0.25) is 11.9 Å². The highest BCUT2D eigenvalue weighted by molar-refractivity contribution is 9.10. The summed E-state index contributed by atoms with van der Waals surface area (Å²) in [7, 11) is 0. The number of hydrogen-bond acceptors (Lipinski definition) is 6. The predicted octanol–water partition coefficient (Wildman–Crippen LogP) is 4.08. The van der Waals surface area contributed by atoms with Gasteiger partial charge in [-0.05, 0) is 52.3 Å². The SMILES string of the molecule is CC(=O)Nc1ccc(Nc2cnnc(Nc3ccccc3Br)n2)cc1. The van der Waals surface area contributed by atoms with Gasteiger partial charge in [-0.15, -0.1) is 5.10 Å². The summed E-state index contributed by atoms with van der Waals surface area (Å²) in [6.45, 7) is 1.47. The number of carbonyl (C=O) groups is 1. The summed E-state index contributed by atoms with van der Waals surface area (Å²) in [6.07, 6.45) is 1.53. The monoisotopic (exact) mass is 398 g/mol. The second-order valence-corrected chi connectivity index (χ2v) is 6.01. The Hall–Kier alpha value is -3.00. The Bertz CT molecular complexity index is 884. The first kappa shape index (κ1) is 16.8. The van der Waals surface area contributed by atoms with Crippen LogP contribution in [0.2, 0.25) is 0 Å². The van der Waals surface area contributed by atoms with Crippen molar-refractivity contribution in [2.24, 2.45) is 0 Å². The Morgan fingerprint density at radius 3 is 2.44 bits per heavy atom. The molecule has 0 atom stereocenters. The average Bonchev–Trinajstić information content (AvgIpc) is 2.59. The standard InChI is InChI=1S/C17H15BrN6O/c1-11(25)20-12-6-8-13(9-7-12)21-16-10-19-24-17(23-16)22-15-5-3-2-4-14(15)18/h2-10H,1H3,(H,20,25)(H2,21,22,23,24). The lowest BCUT2D eigenvalue weighted by molar-refractivity contribution is -0.114. The molecule has 8 heteroatoms. The molecule has 3 rings (SSSR count). The smallest absolute Gasteiger partial charge is 0.249 e. The van der Waals surface area contributed by atoms with Crippen molar-refractivity contribution >= 4 is 50.7 Å². The van der Waals surface area contributed by atoms with E-state index in [1.807, 2.05) is 36.4 Å². The highest BCUT2D eigenvalue weighted by Crippen LogP contribution is 2.24. The highest BCUT2D eigenvalue weighted by Gasteiger charge is 2.04. The molecule has 7 nitrogen and oxygen atoms in total. The van der Waals surface area contributed by atoms with Crippen LogP contribution in [0.25, 0.3) is 0 Å². The van der Waals surface area contributed by atoms with E-state index in [9.17, 15) is 4.79 Å². The minimum Gasteiger partial charge on any atom is -0.339 e. The van der Waals surface area contributed by atoms with Crippen LogP contribution in [0.3, 0.4) is 0 Å². The maximum Gasteiger partial charge on any atom is 0.249 e. The zero-order valence-electron chi connectivity index (χ0n) is 13.3. The maximum absolute atomic E-state index is 11.0. The van der Waals surface area contributed by atoms with Gasteiger partial charge in [-0.3, -0.25) is 4.79 Å². The van der Waals surface area contributed by atoms with Crippen LogP contribution in [-0.4, -0.2) is 21.1 Å². The van der Waals surface area contributed by atoms with E-state index in [0.29, 0.717) is 11.8 Å². The summed E-state index contributed by atoms with van der Waals surface area (Å²) >= 11 is 3.47. The molecule has 0 radical (unpaired) electrons. The Balaban J connectivity index is 1.71. The molecule has 0 aliphatic heterocycles. The lowest BCUT2D eigenvalue weighted by Crippen LogP contribution is -2.05. The third-order valence-corrected chi connectivity index (χ3v) is 3.85. The molecule has 0 fully saturated rings. The molecule has 0 unspecified atom stereocenters. The molecule has 25 heavy (non-hydrogen) atoms. The zero-order chi connectivity index (χ0) is 17.6. The fourth-order valence-electron chi connectivity index (χ4n) is 2.09. The maximum atomic E-state index is 11.0. The quantitative estimate of drug-likeness (QED) is 0.599. The van der Waals surface area contributed by atoms with E-state index in [-0.39, 0.29) is 5.91 Å². The normalized spacial score (nSPS) is 10.2. The number of nitrogens with one attached hydrogen (secondary N) is 3. The number of carbonyl (C=O) groups excluding carboxylic acids is 1. The zero-order valence-corrected chi connectivity index (χ0v) is 14.9. The molecule has 0 aliphatic carbocycles. The largest absolute Gasteiger partial charge is 0.339 e. The van der Waals surface area contributed by atoms with Gasteiger partial charge >= 0.3 is 0 Å². The molecule has 126 valence electrons. The number of halogens is 1. The molecule has 1 aromatic heterocycles. The molecule has 0 bridgehead atoms. The minimum absolute atomic E-state index is 0.108. The number of benzene rings is 2. The van der Waals surface area contributed by atoms with Crippen LogP contribution < -0.4 is 16.0 Å². The lowest BCUT2D eigenvalue weighted by Gasteiger charge is -2.09. The molecule has 1 heterocycles. The molecular formula is C17H15BrN6O. The number of aromatic nitrogens is 3. The Labute approximate surface area is 153 Å². The van der Waals surface area contributed by atoms with Crippen molar-refractivity contribution < 1.29 is 4.79 Å². The van der Waals surface area contributed by atoms with Crippen molar-refractivity contribution in [2.45, 2.75) is 6.92 Å². The van der Waals surface area contributed by atoms with Crippen LogP contribution in [0.5, 0.6) is 0 Å². The molecule has 3 N–H and O–H groups in total. The van der Waals surface area contributed by atoms with Crippen LogP contribution in [0.1, 0.15) is 6.92 Å². The Kier molecular flexibility index (Phi) is 5.20. The Morgan fingerprint density at radius 1 is 1.00 bits per heavy atom. The lowest BCUT2D eigenvalue weighted by atomic mass is 10.3. The van der Waals surface area contributed by atoms with Crippen molar-refractivity contribution in [1.29, 1.82) is 0 Å². The van der Waals surface area contributed by atoms with Crippen molar-refractivity contribution in [3.63, 3.8) is 0 Å². The number of anilines is 5. The molecule has 1 amide bonds. The first-order valence-corrected chi connectivity index (χ1v) is 8.25. The van der Waals surface area contributed by atoms with Crippen LogP contribution in [0.4, 0.5) is 28.8 Å². The molecule has 0 aliphatic rings. The van der Waals surface area contributed by atoms with Crippen molar-refractivity contribution in [3.05, 3.63) is 59.2 Å². The van der Waals surface area contributed by atoms with Gasteiger partial charge in [0.15, 0.2) is 5.82 Å². The second kappa shape index (κ2) is 7.71. The predicted molar refractivity (Wildman–Crippen MR) is 101 cm³/mol. The second-order valence-electron chi connectivity index (χ2n) is 5.15. The molecule has 2 aromatic carbocycles. The van der Waals surface area contributed by atoms with Gasteiger partial charge in [0.25, 0.3) is 0 Å². The summed E-state index contributed by atoms with van der Waals surface area (Å²) in [5, 5.41) is 16.9. The van der Waals surface area contributed by atoms with Gasteiger partial charge in [0.1, 0.15) is 0 Å². The van der Waals surface area contributed by atoms with Crippen molar-refractivity contribution in [1.82, 2.24) is 15.2 Å². The molecular weight excluding hydrogens is 384 g/mol. The summed E-state index contributed by atoms with van der Waals surface area (Å²) in [6, 6.07) is 15.0. The highest BCUT2D eigenvalue weighted by atomic mass is 79.9. The van der Waals surface area contributed by atoms with Gasteiger partial charge in [-0.1, -0.05) is 12.1 Å². The number of hydrogen-bond donors (Lipinski definition) is 3. The third kappa shape index (κ3) is 4.74. The summed E-state index contributed by atoms with van der Waals surface area (Å²) < 4.78 is 0.908. The van der Waals surface area contributed by atoms with E-state index in [1.54, 1.807) is 12.1 Å². The number of nitrogens with zero attached hydrogens (tertiary/aromatic N) is 3. The van der Waals surface area contributed by atoms with Gasteiger partial charge in [-0.25, -0.2) is 0 Å². The first-order valence-electron chi connectivity index (χ1n) is 7.46. The molecule has 0 saturated carbocycles. The third-order valence-electron chi connectivity index (χ3n) is 3.16. The van der Waals surface area contributed by atoms with Crippen LogP contribution in [-0.2, 0) is 4.79 Å². The van der Waals surface area contributed by atoms with E-state index in [2.05, 4.69) is 47.1 Å². The van der Waals surface area contributed by atoms with E-state index < -0.39 is 0 Å². The van der Waals surface area contributed by atoms with Gasteiger partial charge in [-0.2, -0.15) is 10.1 Å².